The van der Waals surface area contributed by atoms with Gasteiger partial charge in [0.15, 0.2) is 0 Å². The van der Waals surface area contributed by atoms with E-state index in [1.165, 1.54) is 12.1 Å². The van der Waals surface area contributed by atoms with Gasteiger partial charge in [-0.15, -0.1) is 0 Å². The lowest BCUT2D eigenvalue weighted by Crippen LogP contribution is -2.41. The van der Waals surface area contributed by atoms with E-state index < -0.39 is 0 Å². The molecule has 1 aromatic carbocycles. The Kier molecular flexibility index (Phi) is 5.05. The Morgan fingerprint density at radius 2 is 2.00 bits per heavy atom. The van der Waals surface area contributed by atoms with Gasteiger partial charge in [0, 0.05) is 36.0 Å². The minimum atomic E-state index is -0.353. The second-order valence-corrected chi connectivity index (χ2v) is 7.61. The van der Waals surface area contributed by atoms with Gasteiger partial charge >= 0.3 is 0 Å². The van der Waals surface area contributed by atoms with E-state index in [-0.39, 0.29) is 28.8 Å². The predicted octanol–water partition coefficient (Wildman–Crippen LogP) is 3.54. The van der Waals surface area contributed by atoms with Crippen molar-refractivity contribution in [3.05, 3.63) is 75.2 Å². The van der Waals surface area contributed by atoms with Gasteiger partial charge in [-0.3, -0.25) is 14.7 Å². The third kappa shape index (κ3) is 3.72. The maximum absolute atomic E-state index is 13.3. The summed E-state index contributed by atoms with van der Waals surface area (Å²) >= 11 is 0. The van der Waals surface area contributed by atoms with Gasteiger partial charge in [-0.2, -0.15) is 5.10 Å². The van der Waals surface area contributed by atoms with Crippen molar-refractivity contribution in [1.29, 1.82) is 0 Å². The zero-order valence-electron chi connectivity index (χ0n) is 16.5. The number of aromatic amines is 2. The van der Waals surface area contributed by atoms with Crippen LogP contribution in [0.25, 0.3) is 11.1 Å². The largest absolute Gasteiger partial charge is 0.338 e. The van der Waals surface area contributed by atoms with Gasteiger partial charge in [0.25, 0.3) is 11.5 Å². The van der Waals surface area contributed by atoms with Gasteiger partial charge in [-0.25, -0.2) is 4.39 Å². The van der Waals surface area contributed by atoms with Crippen molar-refractivity contribution in [2.75, 3.05) is 13.1 Å². The summed E-state index contributed by atoms with van der Waals surface area (Å²) in [5, 5.41) is 7.25. The third-order valence-electron chi connectivity index (χ3n) is 5.67. The molecule has 2 N–H and O–H groups in total. The van der Waals surface area contributed by atoms with E-state index in [0.29, 0.717) is 13.1 Å². The summed E-state index contributed by atoms with van der Waals surface area (Å²) in [5.74, 6) is -0.463. The number of nitrogens with one attached hydrogen (secondary N) is 2. The number of likely N-dealkylation sites (tertiary alicyclic amines) is 1. The molecule has 0 spiro atoms. The molecule has 1 amide bonds. The van der Waals surface area contributed by atoms with Crippen LogP contribution in [0.3, 0.4) is 0 Å². The van der Waals surface area contributed by atoms with Gasteiger partial charge in [0.1, 0.15) is 11.4 Å². The highest BCUT2D eigenvalue weighted by Gasteiger charge is 2.29. The molecule has 0 radical (unpaired) electrons. The fourth-order valence-electron chi connectivity index (χ4n) is 3.92. The van der Waals surface area contributed by atoms with Gasteiger partial charge in [-0.1, -0.05) is 12.1 Å². The first-order valence-corrected chi connectivity index (χ1v) is 9.73. The molecule has 1 atom stereocenters. The zero-order chi connectivity index (χ0) is 20.5. The summed E-state index contributed by atoms with van der Waals surface area (Å²) in [6, 6.07) is 7.97. The maximum Gasteiger partial charge on any atom is 0.261 e. The minimum Gasteiger partial charge on any atom is -0.338 e. The number of hydrogen-bond donors (Lipinski definition) is 2. The first-order valence-electron chi connectivity index (χ1n) is 9.73. The first kappa shape index (κ1) is 19.1. The molecule has 7 heteroatoms. The van der Waals surface area contributed by atoms with E-state index in [0.717, 1.165) is 40.9 Å². The molecule has 3 aromatic rings. The molecule has 0 saturated carbocycles. The predicted molar refractivity (Wildman–Crippen MR) is 108 cm³/mol. The van der Waals surface area contributed by atoms with Crippen LogP contribution in [0.1, 0.15) is 46.1 Å². The molecule has 1 saturated heterocycles. The van der Waals surface area contributed by atoms with Crippen LogP contribution in [0.5, 0.6) is 0 Å². The van der Waals surface area contributed by atoms with Crippen molar-refractivity contribution < 1.29 is 9.18 Å². The smallest absolute Gasteiger partial charge is 0.261 e. The van der Waals surface area contributed by atoms with E-state index in [2.05, 4.69) is 15.2 Å². The number of carbonyl (C=O) groups excluding carboxylic acids is 1. The van der Waals surface area contributed by atoms with Crippen molar-refractivity contribution >= 4 is 5.91 Å². The summed E-state index contributed by atoms with van der Waals surface area (Å²) in [6.07, 6.45) is 3.47. The van der Waals surface area contributed by atoms with Gasteiger partial charge in [-0.05, 0) is 56.0 Å². The SMILES string of the molecule is Cc1cc(C(=O)N2CCCC(c3[nH]ncc3-c3ccc(F)cc3)C2)c(=O)[nH]c1C. The Hall–Kier alpha value is -3.22. The Bertz CT molecular complexity index is 1100. The second kappa shape index (κ2) is 7.66. The standard InChI is InChI=1S/C22H23FN4O2/c1-13-10-18(21(28)25-14(13)2)22(29)27-9-3-4-16(12-27)20-19(11-24-26-20)15-5-7-17(23)8-6-15/h5-8,10-11,16H,3-4,9,12H2,1-2H3,(H,24,26)(H,25,28). The summed E-state index contributed by atoms with van der Waals surface area (Å²) in [6.45, 7) is 4.81. The lowest BCUT2D eigenvalue weighted by Gasteiger charge is -2.32. The van der Waals surface area contributed by atoms with Crippen molar-refractivity contribution in [3.63, 3.8) is 0 Å². The van der Waals surface area contributed by atoms with Crippen molar-refractivity contribution in [2.24, 2.45) is 0 Å². The van der Waals surface area contributed by atoms with E-state index in [9.17, 15) is 14.0 Å². The number of aromatic nitrogens is 3. The van der Waals surface area contributed by atoms with E-state index in [4.69, 9.17) is 0 Å². The Labute approximate surface area is 167 Å². The van der Waals surface area contributed by atoms with Crippen LogP contribution in [-0.2, 0) is 0 Å². The molecule has 6 nitrogen and oxygen atoms in total. The zero-order valence-corrected chi connectivity index (χ0v) is 16.5. The number of rotatable bonds is 3. The molecule has 0 aliphatic carbocycles. The number of hydrogen-bond acceptors (Lipinski definition) is 3. The third-order valence-corrected chi connectivity index (χ3v) is 5.67. The van der Waals surface area contributed by atoms with E-state index >= 15 is 0 Å². The van der Waals surface area contributed by atoms with Crippen LogP contribution in [0.4, 0.5) is 4.39 Å². The molecule has 1 unspecified atom stereocenters. The van der Waals surface area contributed by atoms with E-state index in [1.807, 2.05) is 13.8 Å². The monoisotopic (exact) mass is 394 g/mol. The van der Waals surface area contributed by atoms with Crippen molar-refractivity contribution in [3.8, 4) is 11.1 Å². The molecule has 1 aliphatic rings. The molecular formula is C22H23FN4O2. The lowest BCUT2D eigenvalue weighted by atomic mass is 9.90. The number of aryl methyl sites for hydroxylation is 2. The van der Waals surface area contributed by atoms with Crippen molar-refractivity contribution in [1.82, 2.24) is 20.1 Å². The van der Waals surface area contributed by atoms with Crippen LogP contribution in [0.15, 0.2) is 41.3 Å². The van der Waals surface area contributed by atoms with Gasteiger partial charge < -0.3 is 9.88 Å². The normalized spacial score (nSPS) is 16.8. The number of amides is 1. The molecule has 3 heterocycles. The summed E-state index contributed by atoms with van der Waals surface area (Å²) < 4.78 is 13.3. The number of carbonyl (C=O) groups is 1. The molecule has 1 fully saturated rings. The summed E-state index contributed by atoms with van der Waals surface area (Å²) in [5.41, 5.74) is 4.20. The first-order chi connectivity index (χ1) is 13.9. The Morgan fingerprint density at radius 1 is 1.24 bits per heavy atom. The molecule has 150 valence electrons. The average molecular weight is 394 g/mol. The molecular weight excluding hydrogens is 371 g/mol. The highest BCUT2D eigenvalue weighted by Crippen LogP contribution is 2.33. The fraction of sp³-hybridized carbons (Fsp3) is 0.318. The quantitative estimate of drug-likeness (QED) is 0.713. The highest BCUT2D eigenvalue weighted by atomic mass is 19.1. The van der Waals surface area contributed by atoms with Crippen LogP contribution in [0.2, 0.25) is 0 Å². The number of halogens is 1. The minimum absolute atomic E-state index is 0.0703. The number of nitrogens with zero attached hydrogens (tertiary/aromatic N) is 2. The van der Waals surface area contributed by atoms with Crippen LogP contribution < -0.4 is 5.56 Å². The number of piperidine rings is 1. The average Bonchev–Trinajstić information content (AvgIpc) is 3.21. The number of H-pyrrole nitrogens is 2. The number of benzene rings is 1. The molecule has 0 bridgehead atoms. The van der Waals surface area contributed by atoms with Gasteiger partial charge in [0.2, 0.25) is 0 Å². The van der Waals surface area contributed by atoms with Crippen molar-refractivity contribution in [2.45, 2.75) is 32.6 Å². The number of pyridine rings is 1. The highest BCUT2D eigenvalue weighted by molar-refractivity contribution is 5.94. The Morgan fingerprint density at radius 3 is 2.76 bits per heavy atom. The molecule has 29 heavy (non-hydrogen) atoms. The van der Waals surface area contributed by atoms with Crippen LogP contribution in [0, 0.1) is 19.7 Å². The maximum atomic E-state index is 13.3. The second-order valence-electron chi connectivity index (χ2n) is 7.61. The molecule has 1 aliphatic heterocycles. The summed E-state index contributed by atoms with van der Waals surface area (Å²) in [4.78, 5) is 29.8. The van der Waals surface area contributed by atoms with Gasteiger partial charge in [0.05, 0.1) is 6.20 Å². The lowest BCUT2D eigenvalue weighted by molar-refractivity contribution is 0.0704. The van der Waals surface area contributed by atoms with Crippen LogP contribution >= 0.6 is 0 Å². The van der Waals surface area contributed by atoms with Crippen LogP contribution in [-0.4, -0.2) is 39.1 Å². The van der Waals surface area contributed by atoms with E-state index in [1.54, 1.807) is 29.3 Å². The fourth-order valence-corrected chi connectivity index (χ4v) is 3.92. The molecule has 4 rings (SSSR count). The molecule has 2 aromatic heterocycles. The topological polar surface area (TPSA) is 81.8 Å². The summed E-state index contributed by atoms with van der Waals surface area (Å²) in [7, 11) is 0. The Balaban J connectivity index is 1.59.